The molecule has 0 heterocycles. The van der Waals surface area contributed by atoms with E-state index in [0.29, 0.717) is 24.0 Å². The van der Waals surface area contributed by atoms with Crippen molar-refractivity contribution >= 4 is 12.2 Å². The molecule has 0 amide bonds. The Hall–Kier alpha value is -2.81. The van der Waals surface area contributed by atoms with E-state index in [1.807, 2.05) is 44.2 Å². The molecule has 0 nitrogen and oxygen atoms in total. The first-order chi connectivity index (χ1) is 13.5. The summed E-state index contributed by atoms with van der Waals surface area (Å²) < 4.78 is 42.3. The molecule has 3 aromatic rings. The second-order valence-corrected chi connectivity index (χ2v) is 6.81. The van der Waals surface area contributed by atoms with E-state index in [9.17, 15) is 13.2 Å². The second-order valence-electron chi connectivity index (χ2n) is 6.81. The maximum atomic E-state index is 14.2. The Labute approximate surface area is 164 Å². The zero-order valence-electron chi connectivity index (χ0n) is 16.1. The molecule has 0 aromatic heterocycles. The van der Waals surface area contributed by atoms with E-state index >= 15 is 0 Å². The summed E-state index contributed by atoms with van der Waals surface area (Å²) in [5, 5.41) is 0. The van der Waals surface area contributed by atoms with Gasteiger partial charge in [0.05, 0.1) is 0 Å². The number of rotatable bonds is 6. The Morgan fingerprint density at radius 2 is 1.39 bits per heavy atom. The molecule has 144 valence electrons. The predicted octanol–water partition coefficient (Wildman–Crippen LogP) is 7.46. The minimum Gasteiger partial charge on any atom is -0.207 e. The minimum atomic E-state index is -0.815. The van der Waals surface area contributed by atoms with Gasteiger partial charge in [0.2, 0.25) is 0 Å². The maximum Gasteiger partial charge on any atom is 0.166 e. The largest absolute Gasteiger partial charge is 0.207 e. The summed E-state index contributed by atoms with van der Waals surface area (Å²) in [6.45, 7) is 3.85. The third kappa shape index (κ3) is 4.36. The number of benzene rings is 3. The van der Waals surface area contributed by atoms with Gasteiger partial charge in [-0.05, 0) is 46.7 Å². The van der Waals surface area contributed by atoms with E-state index in [1.54, 1.807) is 36.4 Å². The molecule has 0 atom stereocenters. The van der Waals surface area contributed by atoms with Gasteiger partial charge in [-0.25, -0.2) is 13.2 Å². The Morgan fingerprint density at radius 1 is 0.714 bits per heavy atom. The molecule has 0 saturated carbocycles. The van der Waals surface area contributed by atoms with Crippen LogP contribution in [0.3, 0.4) is 0 Å². The number of hydrogen-bond acceptors (Lipinski definition) is 0. The third-order valence-corrected chi connectivity index (χ3v) is 4.84. The molecule has 0 N–H and O–H groups in total. The minimum absolute atomic E-state index is 0.201. The standard InChI is InChI=1S/C25H23F3/c1-3-5-20-13-14-21(25(28)24(20)27)11-8-17-6-9-19(10-7-17)22-15-12-18(4-2)23(26)16-22/h6-16H,3-5H2,1-2H3/b11-8+. The fourth-order valence-electron chi connectivity index (χ4n) is 3.18. The molecule has 28 heavy (non-hydrogen) atoms. The zero-order chi connectivity index (χ0) is 20.1. The first-order valence-corrected chi connectivity index (χ1v) is 9.57. The third-order valence-electron chi connectivity index (χ3n) is 4.84. The molecule has 3 aromatic carbocycles. The second kappa shape index (κ2) is 8.92. The van der Waals surface area contributed by atoms with Crippen molar-refractivity contribution in [1.29, 1.82) is 0 Å². The lowest BCUT2D eigenvalue weighted by Crippen LogP contribution is -1.96. The predicted molar refractivity (Wildman–Crippen MR) is 110 cm³/mol. The van der Waals surface area contributed by atoms with Crippen LogP contribution in [0.4, 0.5) is 13.2 Å². The Morgan fingerprint density at radius 3 is 2.04 bits per heavy atom. The Kier molecular flexibility index (Phi) is 6.35. The van der Waals surface area contributed by atoms with E-state index in [-0.39, 0.29) is 11.4 Å². The molecule has 0 aliphatic carbocycles. The topological polar surface area (TPSA) is 0 Å². The van der Waals surface area contributed by atoms with Crippen molar-refractivity contribution in [2.24, 2.45) is 0 Å². The highest BCUT2D eigenvalue weighted by molar-refractivity contribution is 5.72. The Balaban J connectivity index is 1.79. The van der Waals surface area contributed by atoms with Crippen molar-refractivity contribution < 1.29 is 13.2 Å². The fraction of sp³-hybridized carbons (Fsp3) is 0.200. The molecule has 0 fully saturated rings. The van der Waals surface area contributed by atoms with Crippen molar-refractivity contribution in [3.8, 4) is 11.1 Å². The average Bonchev–Trinajstić information content (AvgIpc) is 2.71. The number of aryl methyl sites for hydroxylation is 2. The number of halogens is 3. The smallest absolute Gasteiger partial charge is 0.166 e. The first kappa shape index (κ1) is 19.9. The van der Waals surface area contributed by atoms with Gasteiger partial charge >= 0.3 is 0 Å². The normalized spacial score (nSPS) is 11.3. The summed E-state index contributed by atoms with van der Waals surface area (Å²) in [5.74, 6) is -1.78. The van der Waals surface area contributed by atoms with Gasteiger partial charge in [0.15, 0.2) is 11.6 Å². The molecule has 3 rings (SSSR count). The van der Waals surface area contributed by atoms with Crippen LogP contribution in [0.2, 0.25) is 0 Å². The molecule has 0 aliphatic heterocycles. The van der Waals surface area contributed by atoms with Gasteiger partial charge in [0, 0.05) is 5.56 Å². The van der Waals surface area contributed by atoms with Gasteiger partial charge in [0.25, 0.3) is 0 Å². The summed E-state index contributed by atoms with van der Waals surface area (Å²) in [4.78, 5) is 0. The molecule has 0 radical (unpaired) electrons. The van der Waals surface area contributed by atoms with Crippen molar-refractivity contribution in [1.82, 2.24) is 0 Å². The lowest BCUT2D eigenvalue weighted by Gasteiger charge is -2.06. The monoisotopic (exact) mass is 380 g/mol. The summed E-state index contributed by atoms with van der Waals surface area (Å²) in [7, 11) is 0. The zero-order valence-corrected chi connectivity index (χ0v) is 16.1. The summed E-state index contributed by atoms with van der Waals surface area (Å²) >= 11 is 0. The summed E-state index contributed by atoms with van der Waals surface area (Å²) in [6, 6.07) is 16.0. The summed E-state index contributed by atoms with van der Waals surface area (Å²) in [6.07, 6.45) is 5.25. The van der Waals surface area contributed by atoms with Crippen molar-refractivity contribution in [3.05, 3.63) is 94.3 Å². The molecular formula is C25H23F3. The van der Waals surface area contributed by atoms with Gasteiger partial charge in [-0.2, -0.15) is 0 Å². The first-order valence-electron chi connectivity index (χ1n) is 9.57. The van der Waals surface area contributed by atoms with Crippen LogP contribution in [-0.4, -0.2) is 0 Å². The lowest BCUT2D eigenvalue weighted by molar-refractivity contribution is 0.496. The highest BCUT2D eigenvalue weighted by atomic mass is 19.2. The lowest BCUT2D eigenvalue weighted by atomic mass is 10.0. The molecule has 3 heteroatoms. The van der Waals surface area contributed by atoms with E-state index < -0.39 is 11.6 Å². The van der Waals surface area contributed by atoms with Crippen molar-refractivity contribution in [3.63, 3.8) is 0 Å². The molecule has 0 spiro atoms. The van der Waals surface area contributed by atoms with Gasteiger partial charge in [-0.3, -0.25) is 0 Å². The Bertz CT molecular complexity index is 985. The van der Waals surface area contributed by atoms with E-state index in [0.717, 1.165) is 23.1 Å². The quantitative estimate of drug-likeness (QED) is 0.389. The van der Waals surface area contributed by atoms with Gasteiger partial charge < -0.3 is 0 Å². The van der Waals surface area contributed by atoms with Gasteiger partial charge in [-0.15, -0.1) is 0 Å². The van der Waals surface area contributed by atoms with Crippen LogP contribution < -0.4 is 0 Å². The summed E-state index contributed by atoms with van der Waals surface area (Å²) in [5.41, 5.74) is 3.89. The molecule has 0 bridgehead atoms. The highest BCUT2D eigenvalue weighted by Gasteiger charge is 2.11. The van der Waals surface area contributed by atoms with E-state index in [4.69, 9.17) is 0 Å². The fourth-order valence-corrected chi connectivity index (χ4v) is 3.18. The van der Waals surface area contributed by atoms with Crippen LogP contribution in [0, 0.1) is 17.5 Å². The van der Waals surface area contributed by atoms with E-state index in [2.05, 4.69) is 0 Å². The highest BCUT2D eigenvalue weighted by Crippen LogP contribution is 2.24. The molecule has 0 saturated heterocycles. The van der Waals surface area contributed by atoms with Crippen molar-refractivity contribution in [2.45, 2.75) is 33.1 Å². The average molecular weight is 380 g/mol. The van der Waals surface area contributed by atoms with Crippen molar-refractivity contribution in [2.75, 3.05) is 0 Å². The van der Waals surface area contributed by atoms with Crippen LogP contribution in [0.5, 0.6) is 0 Å². The number of hydrogen-bond donors (Lipinski definition) is 0. The van der Waals surface area contributed by atoms with Crippen LogP contribution in [-0.2, 0) is 12.8 Å². The van der Waals surface area contributed by atoms with Gasteiger partial charge in [0.1, 0.15) is 5.82 Å². The molecule has 0 aliphatic rings. The van der Waals surface area contributed by atoms with Crippen LogP contribution in [0.1, 0.15) is 42.5 Å². The van der Waals surface area contributed by atoms with Crippen LogP contribution >= 0.6 is 0 Å². The molecule has 0 unspecified atom stereocenters. The van der Waals surface area contributed by atoms with Crippen LogP contribution in [0.25, 0.3) is 23.3 Å². The van der Waals surface area contributed by atoms with E-state index in [1.165, 1.54) is 0 Å². The molecular weight excluding hydrogens is 357 g/mol. The van der Waals surface area contributed by atoms with Crippen LogP contribution in [0.15, 0.2) is 54.6 Å². The maximum absolute atomic E-state index is 14.2. The van der Waals surface area contributed by atoms with Gasteiger partial charge in [-0.1, -0.05) is 81.0 Å². The SMILES string of the molecule is CCCc1ccc(/C=C/c2ccc(-c3ccc(CC)c(F)c3)cc2)c(F)c1F.